The number of hydrogen-bond donors (Lipinski definition) is 2. The Balaban J connectivity index is 2.45. The summed E-state index contributed by atoms with van der Waals surface area (Å²) in [6, 6.07) is 3.71. The van der Waals surface area contributed by atoms with Gasteiger partial charge in [-0.05, 0) is 81.4 Å². The van der Waals surface area contributed by atoms with Crippen molar-refractivity contribution in [1.82, 2.24) is 0 Å². The Morgan fingerprint density at radius 2 is 1.46 bits per heavy atom. The van der Waals surface area contributed by atoms with E-state index in [1.165, 1.54) is 25.7 Å². The van der Waals surface area contributed by atoms with Crippen molar-refractivity contribution in [3.05, 3.63) is 23.3 Å². The van der Waals surface area contributed by atoms with Crippen LogP contribution in [0.1, 0.15) is 97.1 Å². The van der Waals surface area contributed by atoms with Crippen molar-refractivity contribution in [2.24, 2.45) is 5.41 Å². The quantitative estimate of drug-likeness (QED) is 0.235. The number of ether oxygens (including phenoxy) is 1. The zero-order valence-corrected chi connectivity index (χ0v) is 18.5. The molecule has 0 atom stereocenters. The maximum Gasteiger partial charge on any atom is 0.293 e. The number of aryl methyl sites for hydroxylation is 2. The first kappa shape index (κ1) is 24.3. The number of carbonyl (C=O) groups is 1. The number of benzene rings is 1. The number of phenolic OH excluding ortho intramolecular Hbond substituents is 2. The number of rotatable bonds is 13. The van der Waals surface area contributed by atoms with Gasteiger partial charge in [0.05, 0.1) is 0 Å². The molecule has 0 fully saturated rings. The highest BCUT2D eigenvalue weighted by Crippen LogP contribution is 2.32. The zero-order chi connectivity index (χ0) is 21.2. The minimum absolute atomic E-state index is 0.00247. The smallest absolute Gasteiger partial charge is 0.293 e. The van der Waals surface area contributed by atoms with Crippen molar-refractivity contribution in [2.45, 2.75) is 104 Å². The van der Waals surface area contributed by atoms with Crippen LogP contribution in [-0.2, 0) is 22.4 Å². The summed E-state index contributed by atoms with van der Waals surface area (Å²) in [7, 11) is 0. The molecule has 28 heavy (non-hydrogen) atoms. The molecule has 1 aromatic carbocycles. The van der Waals surface area contributed by atoms with E-state index in [1.54, 1.807) is 6.07 Å². The maximum atomic E-state index is 10.5. The summed E-state index contributed by atoms with van der Waals surface area (Å²) in [6.07, 6.45) is 10.2. The van der Waals surface area contributed by atoms with E-state index in [0.29, 0.717) is 18.3 Å². The molecule has 0 aliphatic rings. The van der Waals surface area contributed by atoms with Crippen LogP contribution in [0.2, 0.25) is 0 Å². The molecule has 0 heterocycles. The molecule has 0 spiro atoms. The van der Waals surface area contributed by atoms with Crippen LogP contribution in [0.4, 0.5) is 0 Å². The van der Waals surface area contributed by atoms with Crippen LogP contribution in [-0.4, -0.2) is 22.3 Å². The van der Waals surface area contributed by atoms with Crippen LogP contribution in [0.15, 0.2) is 12.1 Å². The Morgan fingerprint density at radius 3 is 2.11 bits per heavy atom. The Labute approximate surface area is 171 Å². The largest absolute Gasteiger partial charge is 0.504 e. The lowest BCUT2D eigenvalue weighted by Crippen LogP contribution is -2.23. The van der Waals surface area contributed by atoms with Gasteiger partial charge in [-0.15, -0.1) is 0 Å². The summed E-state index contributed by atoms with van der Waals surface area (Å²) in [6.45, 7) is 11.1. The predicted molar refractivity (Wildman–Crippen MR) is 115 cm³/mol. The highest BCUT2D eigenvalue weighted by atomic mass is 16.5. The Hall–Kier alpha value is -1.71. The number of carbonyl (C=O) groups excluding carboxylic acids is 1. The Morgan fingerprint density at radius 1 is 0.857 bits per heavy atom. The first-order valence-corrected chi connectivity index (χ1v) is 10.7. The summed E-state index contributed by atoms with van der Waals surface area (Å²) < 4.78 is 5.06. The van der Waals surface area contributed by atoms with E-state index >= 15 is 0 Å². The van der Waals surface area contributed by atoms with E-state index in [2.05, 4.69) is 20.8 Å². The third-order valence-electron chi connectivity index (χ3n) is 5.21. The molecule has 160 valence electrons. The minimum Gasteiger partial charge on any atom is -0.504 e. The van der Waals surface area contributed by atoms with E-state index in [0.717, 1.165) is 43.2 Å². The van der Waals surface area contributed by atoms with Crippen molar-refractivity contribution >= 4 is 6.47 Å². The molecule has 4 heteroatoms. The van der Waals surface area contributed by atoms with Crippen molar-refractivity contribution in [3.8, 4) is 11.5 Å². The van der Waals surface area contributed by atoms with Gasteiger partial charge in [-0.3, -0.25) is 4.79 Å². The predicted octanol–water partition coefficient (Wildman–Crippen LogP) is 6.30. The van der Waals surface area contributed by atoms with Gasteiger partial charge in [0.25, 0.3) is 6.47 Å². The fraction of sp³-hybridized carbons (Fsp3) is 0.708. The molecule has 1 aromatic rings. The van der Waals surface area contributed by atoms with Gasteiger partial charge in [0.2, 0.25) is 0 Å². The van der Waals surface area contributed by atoms with Gasteiger partial charge < -0.3 is 14.9 Å². The lowest BCUT2D eigenvalue weighted by molar-refractivity contribution is -0.140. The first-order valence-electron chi connectivity index (χ1n) is 10.7. The molecule has 0 saturated carbocycles. The number of aromatic hydroxyl groups is 2. The number of unbranched alkanes of at least 4 members (excludes halogenated alkanes) is 4. The molecule has 2 N–H and O–H groups in total. The van der Waals surface area contributed by atoms with Gasteiger partial charge in [0.15, 0.2) is 11.5 Å². The molecular weight excluding hydrogens is 352 g/mol. The first-order chi connectivity index (χ1) is 13.0. The SMILES string of the molecule is CC(C)(C)CCCCCCc1cc(O)c(O)c(CCCCC(C)(C)OC=O)c1. The van der Waals surface area contributed by atoms with Gasteiger partial charge in [0.1, 0.15) is 5.60 Å². The molecule has 0 bridgehead atoms. The summed E-state index contributed by atoms with van der Waals surface area (Å²) in [5.41, 5.74) is 1.84. The van der Waals surface area contributed by atoms with Crippen LogP contribution in [0, 0.1) is 5.41 Å². The second-order valence-electron chi connectivity index (χ2n) is 9.78. The van der Waals surface area contributed by atoms with E-state index in [9.17, 15) is 15.0 Å². The molecule has 0 radical (unpaired) electrons. The zero-order valence-electron chi connectivity index (χ0n) is 18.5. The van der Waals surface area contributed by atoms with Crippen molar-refractivity contribution in [2.75, 3.05) is 0 Å². The molecule has 0 unspecified atom stereocenters. The van der Waals surface area contributed by atoms with E-state index in [1.807, 2.05) is 19.9 Å². The second-order valence-corrected chi connectivity index (χ2v) is 9.78. The molecular formula is C24H40O4. The molecule has 0 aliphatic heterocycles. The van der Waals surface area contributed by atoms with Crippen LogP contribution in [0.5, 0.6) is 11.5 Å². The summed E-state index contributed by atoms with van der Waals surface area (Å²) in [5, 5.41) is 20.2. The molecule has 0 amide bonds. The van der Waals surface area contributed by atoms with Crippen molar-refractivity contribution < 1.29 is 19.7 Å². The minimum atomic E-state index is -0.458. The Kier molecular flexibility index (Phi) is 9.84. The normalized spacial score (nSPS) is 12.2. The lowest BCUT2D eigenvalue weighted by Gasteiger charge is -2.22. The number of phenols is 2. The van der Waals surface area contributed by atoms with Gasteiger partial charge in [-0.25, -0.2) is 0 Å². The van der Waals surface area contributed by atoms with Crippen LogP contribution >= 0.6 is 0 Å². The summed E-state index contributed by atoms with van der Waals surface area (Å²) in [4.78, 5) is 10.5. The highest BCUT2D eigenvalue weighted by Gasteiger charge is 2.18. The standard InChI is InChI=1S/C24H40O4/c1-23(2,3)14-10-7-6-8-12-19-16-20(22(27)21(26)17-19)13-9-11-15-24(4,5)28-18-25/h16-18,26-27H,6-15H2,1-5H3. The number of hydrogen-bond acceptors (Lipinski definition) is 4. The maximum absolute atomic E-state index is 10.5. The molecule has 1 rings (SSSR count). The average molecular weight is 393 g/mol. The summed E-state index contributed by atoms with van der Waals surface area (Å²) >= 11 is 0. The second kappa shape index (κ2) is 11.3. The van der Waals surface area contributed by atoms with Crippen LogP contribution < -0.4 is 0 Å². The Bertz CT molecular complexity index is 599. The van der Waals surface area contributed by atoms with E-state index < -0.39 is 5.60 Å². The van der Waals surface area contributed by atoms with E-state index in [-0.39, 0.29) is 11.5 Å². The van der Waals surface area contributed by atoms with Crippen molar-refractivity contribution in [3.63, 3.8) is 0 Å². The highest BCUT2D eigenvalue weighted by molar-refractivity contribution is 5.47. The van der Waals surface area contributed by atoms with Gasteiger partial charge in [0, 0.05) is 0 Å². The fourth-order valence-electron chi connectivity index (χ4n) is 3.47. The molecule has 0 saturated heterocycles. The van der Waals surface area contributed by atoms with Gasteiger partial charge in [-0.2, -0.15) is 0 Å². The third-order valence-corrected chi connectivity index (χ3v) is 5.21. The van der Waals surface area contributed by atoms with Crippen LogP contribution in [0.25, 0.3) is 0 Å². The third kappa shape index (κ3) is 10.0. The summed E-state index contributed by atoms with van der Waals surface area (Å²) in [5.74, 6) is -0.0258. The molecule has 0 aliphatic carbocycles. The molecule has 4 nitrogen and oxygen atoms in total. The van der Waals surface area contributed by atoms with E-state index in [4.69, 9.17) is 4.74 Å². The van der Waals surface area contributed by atoms with Crippen molar-refractivity contribution in [1.29, 1.82) is 0 Å². The lowest BCUT2D eigenvalue weighted by atomic mass is 9.89. The van der Waals surface area contributed by atoms with Gasteiger partial charge >= 0.3 is 0 Å². The fourth-order valence-corrected chi connectivity index (χ4v) is 3.47. The van der Waals surface area contributed by atoms with Gasteiger partial charge in [-0.1, -0.05) is 46.1 Å². The topological polar surface area (TPSA) is 66.8 Å². The van der Waals surface area contributed by atoms with Crippen LogP contribution in [0.3, 0.4) is 0 Å². The molecule has 0 aromatic heterocycles. The average Bonchev–Trinajstić information content (AvgIpc) is 2.57. The monoisotopic (exact) mass is 392 g/mol.